The average Bonchev–Trinajstić information content (AvgIpc) is 2.78. The van der Waals surface area contributed by atoms with Crippen molar-refractivity contribution in [3.63, 3.8) is 0 Å². The van der Waals surface area contributed by atoms with Gasteiger partial charge in [-0.15, -0.1) is 0 Å². The first kappa shape index (κ1) is 15.8. The summed E-state index contributed by atoms with van der Waals surface area (Å²) in [5, 5.41) is 9.41. The molecule has 1 aromatic heterocycles. The summed E-state index contributed by atoms with van der Waals surface area (Å²) in [5.74, 6) is -0.596. The molecule has 1 fully saturated rings. The number of methoxy groups -OCH3 is 1. The first-order chi connectivity index (χ1) is 9.74. The Morgan fingerprint density at radius 3 is 2.76 bits per heavy atom. The monoisotopic (exact) mass is 324 g/mol. The first-order valence-corrected chi connectivity index (χ1v) is 6.37. The summed E-state index contributed by atoms with van der Waals surface area (Å²) in [6.07, 6.45) is -4.62. The van der Waals surface area contributed by atoms with Gasteiger partial charge in [0, 0.05) is 19.2 Å². The third-order valence-corrected chi connectivity index (χ3v) is 3.45. The van der Waals surface area contributed by atoms with E-state index in [1.807, 2.05) is 0 Å². The zero-order valence-electron chi connectivity index (χ0n) is 10.9. The molecule has 0 aromatic carbocycles. The summed E-state index contributed by atoms with van der Waals surface area (Å²) >= 11 is 5.84. The lowest BCUT2D eigenvalue weighted by Crippen LogP contribution is -2.37. The third kappa shape index (κ3) is 3.21. The van der Waals surface area contributed by atoms with Crippen molar-refractivity contribution in [1.82, 2.24) is 4.98 Å². The summed E-state index contributed by atoms with van der Waals surface area (Å²) in [6, 6.07) is -0.0881. The van der Waals surface area contributed by atoms with Crippen LogP contribution in [0.2, 0.25) is 5.02 Å². The van der Waals surface area contributed by atoms with E-state index < -0.39 is 29.9 Å². The van der Waals surface area contributed by atoms with Crippen LogP contribution < -0.4 is 4.90 Å². The molecule has 0 aliphatic carbocycles. The number of aromatic nitrogens is 1. The molecule has 21 heavy (non-hydrogen) atoms. The highest BCUT2D eigenvalue weighted by atomic mass is 35.5. The predicted octanol–water partition coefficient (Wildman–Crippen LogP) is 1.87. The van der Waals surface area contributed by atoms with E-state index in [0.717, 1.165) is 6.07 Å². The topological polar surface area (TPSA) is 62.7 Å². The van der Waals surface area contributed by atoms with E-state index in [1.54, 1.807) is 0 Å². The fourth-order valence-electron chi connectivity index (χ4n) is 2.20. The molecule has 1 saturated heterocycles. The van der Waals surface area contributed by atoms with Crippen molar-refractivity contribution in [3.8, 4) is 0 Å². The summed E-state index contributed by atoms with van der Waals surface area (Å²) in [6.45, 7) is 0.0395. The highest BCUT2D eigenvalue weighted by molar-refractivity contribution is 6.33. The summed E-state index contributed by atoms with van der Waals surface area (Å²) in [5.41, 5.74) is -0.981. The van der Waals surface area contributed by atoms with E-state index in [0.29, 0.717) is 6.20 Å². The van der Waals surface area contributed by atoms with Gasteiger partial charge in [-0.05, 0) is 6.07 Å². The van der Waals surface area contributed by atoms with Crippen LogP contribution in [0.5, 0.6) is 0 Å². The molecule has 0 radical (unpaired) electrons. The molecular formula is C12H12ClF3N2O3. The van der Waals surface area contributed by atoms with Gasteiger partial charge in [0.2, 0.25) is 0 Å². The van der Waals surface area contributed by atoms with Crippen molar-refractivity contribution in [2.24, 2.45) is 0 Å². The SMILES string of the molecule is COC(=O)[C@H]1C[C@@H](O)CN1c1ncc(C(F)(F)F)cc1Cl. The number of halogens is 4. The third-order valence-electron chi connectivity index (χ3n) is 3.17. The van der Waals surface area contributed by atoms with Crippen LogP contribution in [0.25, 0.3) is 0 Å². The van der Waals surface area contributed by atoms with Crippen LogP contribution in [0.15, 0.2) is 12.3 Å². The predicted molar refractivity (Wildman–Crippen MR) is 68.0 cm³/mol. The molecule has 2 atom stereocenters. The van der Waals surface area contributed by atoms with Crippen LogP contribution in [0.1, 0.15) is 12.0 Å². The number of rotatable bonds is 2. The number of aliphatic hydroxyl groups is 1. The Hall–Kier alpha value is -1.54. The van der Waals surface area contributed by atoms with Gasteiger partial charge in [-0.3, -0.25) is 0 Å². The Morgan fingerprint density at radius 1 is 1.57 bits per heavy atom. The maximum atomic E-state index is 12.6. The lowest BCUT2D eigenvalue weighted by atomic mass is 10.2. The van der Waals surface area contributed by atoms with Crippen LogP contribution in [0, 0.1) is 0 Å². The molecule has 1 N–H and O–H groups in total. The van der Waals surface area contributed by atoms with Crippen LogP contribution in [0.4, 0.5) is 19.0 Å². The van der Waals surface area contributed by atoms with Gasteiger partial charge < -0.3 is 14.7 Å². The number of esters is 1. The molecule has 5 nitrogen and oxygen atoms in total. The fourth-order valence-corrected chi connectivity index (χ4v) is 2.48. The smallest absolute Gasteiger partial charge is 0.417 e. The molecule has 0 bridgehead atoms. The Balaban J connectivity index is 2.34. The highest BCUT2D eigenvalue weighted by Crippen LogP contribution is 2.35. The van der Waals surface area contributed by atoms with Crippen LogP contribution >= 0.6 is 11.6 Å². The molecule has 2 heterocycles. The van der Waals surface area contributed by atoms with E-state index in [4.69, 9.17) is 11.6 Å². The molecule has 0 spiro atoms. The van der Waals surface area contributed by atoms with E-state index in [9.17, 15) is 23.1 Å². The van der Waals surface area contributed by atoms with Crippen molar-refractivity contribution < 1.29 is 27.8 Å². The number of alkyl halides is 3. The minimum absolute atomic E-state index is 0.0108. The Morgan fingerprint density at radius 2 is 2.24 bits per heavy atom. The molecule has 2 rings (SSSR count). The van der Waals surface area contributed by atoms with Gasteiger partial charge in [0.05, 0.1) is 23.8 Å². The molecule has 0 amide bonds. The minimum atomic E-state index is -4.55. The van der Waals surface area contributed by atoms with Crippen molar-refractivity contribution in [2.75, 3.05) is 18.6 Å². The van der Waals surface area contributed by atoms with Crippen molar-refractivity contribution >= 4 is 23.4 Å². The highest BCUT2D eigenvalue weighted by Gasteiger charge is 2.39. The maximum absolute atomic E-state index is 12.6. The lowest BCUT2D eigenvalue weighted by Gasteiger charge is -2.24. The summed E-state index contributed by atoms with van der Waals surface area (Å²) in [7, 11) is 1.19. The van der Waals surface area contributed by atoms with Gasteiger partial charge in [0.25, 0.3) is 0 Å². The normalized spacial score (nSPS) is 22.5. The number of hydrogen-bond donors (Lipinski definition) is 1. The number of pyridine rings is 1. The second kappa shape index (κ2) is 5.69. The molecule has 1 aromatic rings. The molecule has 1 aliphatic heterocycles. The van der Waals surface area contributed by atoms with Gasteiger partial charge >= 0.3 is 12.1 Å². The average molecular weight is 325 g/mol. The number of β-amino-alcohol motifs (C(OH)–C–C–N with tert-alkyl or cyclic N) is 1. The molecule has 1 aliphatic rings. The van der Waals surface area contributed by atoms with Crippen LogP contribution in [-0.2, 0) is 15.7 Å². The number of nitrogens with zero attached hydrogens (tertiary/aromatic N) is 2. The van der Waals surface area contributed by atoms with E-state index >= 15 is 0 Å². The van der Waals surface area contributed by atoms with E-state index in [1.165, 1.54) is 12.0 Å². The quantitative estimate of drug-likeness (QED) is 0.841. The first-order valence-electron chi connectivity index (χ1n) is 5.99. The van der Waals surface area contributed by atoms with E-state index in [2.05, 4.69) is 9.72 Å². The largest absolute Gasteiger partial charge is 0.467 e. The number of ether oxygens (including phenoxy) is 1. The number of aliphatic hydroxyl groups excluding tert-OH is 1. The van der Waals surface area contributed by atoms with Gasteiger partial charge in [-0.25, -0.2) is 9.78 Å². The van der Waals surface area contributed by atoms with Gasteiger partial charge in [-0.1, -0.05) is 11.6 Å². The van der Waals surface area contributed by atoms with Crippen molar-refractivity contribution in [1.29, 1.82) is 0 Å². The number of carbonyl (C=O) groups is 1. The van der Waals surface area contributed by atoms with Crippen molar-refractivity contribution in [3.05, 3.63) is 22.8 Å². The van der Waals surface area contributed by atoms with E-state index in [-0.39, 0.29) is 23.8 Å². The molecular weight excluding hydrogens is 313 g/mol. The number of hydrogen-bond acceptors (Lipinski definition) is 5. The standard InChI is InChI=1S/C12H12ClF3N2O3/c1-21-11(20)9-3-7(19)5-18(9)10-8(13)2-6(4-17-10)12(14,15)16/h2,4,7,9,19H,3,5H2,1H3/t7-,9-/m1/s1. The number of anilines is 1. The van der Waals surface area contributed by atoms with Gasteiger partial charge in [-0.2, -0.15) is 13.2 Å². The lowest BCUT2D eigenvalue weighted by molar-refractivity contribution is -0.142. The fraction of sp³-hybridized carbons (Fsp3) is 0.500. The Bertz CT molecular complexity index is 553. The zero-order chi connectivity index (χ0) is 15.8. The zero-order valence-corrected chi connectivity index (χ0v) is 11.6. The van der Waals surface area contributed by atoms with Crippen LogP contribution in [-0.4, -0.2) is 41.9 Å². The minimum Gasteiger partial charge on any atom is -0.467 e. The molecule has 0 unspecified atom stereocenters. The second-order valence-electron chi connectivity index (χ2n) is 4.61. The second-order valence-corrected chi connectivity index (χ2v) is 5.02. The Labute approximate surface area is 123 Å². The number of carbonyl (C=O) groups excluding carboxylic acids is 1. The summed E-state index contributed by atoms with van der Waals surface area (Å²) < 4.78 is 42.3. The molecule has 116 valence electrons. The molecule has 9 heteroatoms. The maximum Gasteiger partial charge on any atom is 0.417 e. The Kier molecular flexibility index (Phi) is 4.29. The molecule has 0 saturated carbocycles. The van der Waals surface area contributed by atoms with Crippen molar-refractivity contribution in [2.45, 2.75) is 24.7 Å². The summed E-state index contributed by atoms with van der Waals surface area (Å²) in [4.78, 5) is 16.7. The van der Waals surface area contributed by atoms with Gasteiger partial charge in [0.15, 0.2) is 0 Å². The van der Waals surface area contributed by atoms with Crippen LogP contribution in [0.3, 0.4) is 0 Å². The van der Waals surface area contributed by atoms with Gasteiger partial charge in [0.1, 0.15) is 11.9 Å².